The Labute approximate surface area is 201 Å². The van der Waals surface area contributed by atoms with Gasteiger partial charge in [-0.3, -0.25) is 19.2 Å². The average Bonchev–Trinajstić information content (AvgIpc) is 3.27. The van der Waals surface area contributed by atoms with Gasteiger partial charge in [-0.1, -0.05) is 13.8 Å². The average molecular weight is 500 g/mol. The molecule has 0 radical (unpaired) electrons. The summed E-state index contributed by atoms with van der Waals surface area (Å²) in [4.78, 5) is 67.9. The number of carboxylic acid groups (broad SMARTS) is 1. The fourth-order valence-corrected chi connectivity index (χ4v) is 3.32. The molecule has 13 nitrogen and oxygen atoms in total. The highest BCUT2D eigenvalue weighted by molar-refractivity contribution is 7.98. The molecule has 0 aliphatic rings. The number of H-pyrrole nitrogens is 1. The number of primary amides is 1. The van der Waals surface area contributed by atoms with Crippen molar-refractivity contribution in [3.63, 3.8) is 0 Å². The van der Waals surface area contributed by atoms with Gasteiger partial charge in [0.2, 0.25) is 23.6 Å². The van der Waals surface area contributed by atoms with Gasteiger partial charge in [0.15, 0.2) is 0 Å². The molecule has 0 aliphatic carbocycles. The smallest absolute Gasteiger partial charge is 0.326 e. The Morgan fingerprint density at radius 1 is 1.06 bits per heavy atom. The number of nitrogens with one attached hydrogen (secondary N) is 4. The third-order valence-corrected chi connectivity index (χ3v) is 5.54. The first-order chi connectivity index (χ1) is 16.0. The first-order valence-electron chi connectivity index (χ1n) is 10.6. The molecule has 1 aromatic heterocycles. The second kappa shape index (κ2) is 14.2. The Morgan fingerprint density at radius 3 is 2.15 bits per heavy atom. The quantitative estimate of drug-likeness (QED) is 0.143. The molecule has 4 unspecified atom stereocenters. The predicted octanol–water partition coefficient (Wildman–Crippen LogP) is -1.90. The lowest BCUT2D eigenvalue weighted by Gasteiger charge is -2.25. The van der Waals surface area contributed by atoms with E-state index in [1.807, 2.05) is 0 Å². The van der Waals surface area contributed by atoms with Crippen molar-refractivity contribution in [2.24, 2.45) is 17.4 Å². The number of thioether (sulfide) groups is 1. The van der Waals surface area contributed by atoms with Crippen molar-refractivity contribution >= 4 is 41.4 Å². The van der Waals surface area contributed by atoms with E-state index in [0.717, 1.165) is 0 Å². The molecular weight excluding hydrogens is 466 g/mol. The van der Waals surface area contributed by atoms with Gasteiger partial charge in [0.25, 0.3) is 0 Å². The SMILES string of the molecule is CSCCC(NC(=O)C(Cc1cnc[nH]1)NC(=O)C(CC(N)=O)NC(=O)C(N)C(C)C)C(=O)O. The van der Waals surface area contributed by atoms with Crippen LogP contribution >= 0.6 is 11.8 Å². The number of aromatic nitrogens is 2. The van der Waals surface area contributed by atoms with Gasteiger partial charge in [-0.15, -0.1) is 0 Å². The first-order valence-corrected chi connectivity index (χ1v) is 12.0. The summed E-state index contributed by atoms with van der Waals surface area (Å²) < 4.78 is 0. The molecule has 0 spiro atoms. The Morgan fingerprint density at radius 2 is 1.65 bits per heavy atom. The second-order valence-corrected chi connectivity index (χ2v) is 9.01. The molecule has 9 N–H and O–H groups in total. The van der Waals surface area contributed by atoms with Crippen molar-refractivity contribution in [2.75, 3.05) is 12.0 Å². The van der Waals surface area contributed by atoms with Crippen molar-refractivity contribution in [1.29, 1.82) is 0 Å². The molecule has 0 aromatic carbocycles. The number of hydrogen-bond donors (Lipinski definition) is 7. The van der Waals surface area contributed by atoms with Crippen LogP contribution in [0.5, 0.6) is 0 Å². The van der Waals surface area contributed by atoms with Gasteiger partial charge in [-0.25, -0.2) is 9.78 Å². The van der Waals surface area contributed by atoms with Gasteiger partial charge in [0.1, 0.15) is 18.1 Å². The molecule has 1 heterocycles. The fraction of sp³-hybridized carbons (Fsp3) is 0.600. The summed E-state index contributed by atoms with van der Waals surface area (Å²) in [5.74, 6) is -4.05. The van der Waals surface area contributed by atoms with Crippen molar-refractivity contribution in [2.45, 2.75) is 57.3 Å². The number of aromatic amines is 1. The summed E-state index contributed by atoms with van der Waals surface area (Å²) in [6.45, 7) is 3.43. The summed E-state index contributed by atoms with van der Waals surface area (Å²) >= 11 is 1.42. The van der Waals surface area contributed by atoms with Crippen LogP contribution in [-0.4, -0.2) is 80.8 Å². The minimum Gasteiger partial charge on any atom is -0.480 e. The van der Waals surface area contributed by atoms with E-state index in [-0.39, 0.29) is 18.8 Å². The third kappa shape index (κ3) is 9.79. The van der Waals surface area contributed by atoms with Crippen LogP contribution in [0, 0.1) is 5.92 Å². The van der Waals surface area contributed by atoms with Crippen molar-refractivity contribution < 1.29 is 29.1 Å². The second-order valence-electron chi connectivity index (χ2n) is 8.02. The van der Waals surface area contributed by atoms with Gasteiger partial charge in [-0.05, 0) is 24.3 Å². The minimum absolute atomic E-state index is 0.0464. The van der Waals surface area contributed by atoms with Crippen LogP contribution in [0.2, 0.25) is 0 Å². The molecule has 4 atom stereocenters. The zero-order valence-electron chi connectivity index (χ0n) is 19.4. The van der Waals surface area contributed by atoms with Crippen molar-refractivity contribution in [1.82, 2.24) is 25.9 Å². The molecule has 34 heavy (non-hydrogen) atoms. The molecule has 0 saturated carbocycles. The largest absolute Gasteiger partial charge is 0.480 e. The normalized spacial score (nSPS) is 14.5. The predicted molar refractivity (Wildman–Crippen MR) is 125 cm³/mol. The number of rotatable bonds is 15. The Bertz CT molecular complexity index is 848. The summed E-state index contributed by atoms with van der Waals surface area (Å²) in [7, 11) is 0. The molecule has 0 fully saturated rings. The van der Waals surface area contributed by atoms with Crippen LogP contribution in [0.1, 0.15) is 32.4 Å². The molecule has 4 amide bonds. The summed E-state index contributed by atoms with van der Waals surface area (Å²) in [5, 5.41) is 16.7. The number of nitrogens with zero attached hydrogens (tertiary/aromatic N) is 1. The number of amides is 4. The van der Waals surface area contributed by atoms with Gasteiger partial charge >= 0.3 is 5.97 Å². The summed E-state index contributed by atoms with van der Waals surface area (Å²) in [6.07, 6.45) is 4.25. The fourth-order valence-electron chi connectivity index (χ4n) is 2.84. The lowest BCUT2D eigenvalue weighted by Crippen LogP contribution is -2.58. The number of hydrogen-bond acceptors (Lipinski definition) is 8. The maximum atomic E-state index is 12.9. The summed E-state index contributed by atoms with van der Waals surface area (Å²) in [6, 6.07) is -4.69. The monoisotopic (exact) mass is 499 g/mol. The molecule has 0 bridgehead atoms. The Kier molecular flexibility index (Phi) is 12.1. The molecule has 0 aliphatic heterocycles. The third-order valence-electron chi connectivity index (χ3n) is 4.90. The zero-order chi connectivity index (χ0) is 25.8. The highest BCUT2D eigenvalue weighted by Gasteiger charge is 2.31. The van der Waals surface area contributed by atoms with E-state index in [0.29, 0.717) is 11.4 Å². The van der Waals surface area contributed by atoms with Gasteiger partial charge < -0.3 is 37.5 Å². The van der Waals surface area contributed by atoms with Crippen LogP contribution in [-0.2, 0) is 30.4 Å². The number of nitrogens with two attached hydrogens (primary N) is 2. The minimum atomic E-state index is -1.38. The number of carboxylic acids is 1. The molecular formula is C20H33N7O6S. The van der Waals surface area contributed by atoms with Gasteiger partial charge in [0.05, 0.1) is 18.8 Å². The van der Waals surface area contributed by atoms with Crippen LogP contribution in [0.25, 0.3) is 0 Å². The molecule has 190 valence electrons. The van der Waals surface area contributed by atoms with E-state index in [1.165, 1.54) is 24.3 Å². The number of imidazole rings is 1. The van der Waals surface area contributed by atoms with E-state index >= 15 is 0 Å². The Hall–Kier alpha value is -3.13. The zero-order valence-corrected chi connectivity index (χ0v) is 20.2. The van der Waals surface area contributed by atoms with E-state index < -0.39 is 60.2 Å². The highest BCUT2D eigenvalue weighted by atomic mass is 32.2. The number of aliphatic carboxylic acids is 1. The van der Waals surface area contributed by atoms with Crippen LogP contribution in [0.3, 0.4) is 0 Å². The molecule has 0 saturated heterocycles. The molecule has 14 heteroatoms. The maximum absolute atomic E-state index is 12.9. The van der Waals surface area contributed by atoms with Crippen molar-refractivity contribution in [3.05, 3.63) is 18.2 Å². The van der Waals surface area contributed by atoms with Crippen LogP contribution in [0.15, 0.2) is 12.5 Å². The standard InChI is InChI=1S/C20H33N7O6S/c1-10(2)16(22)19(31)27-14(7-15(21)28)18(30)26-13(6-11-8-23-9-24-11)17(29)25-12(20(32)33)4-5-34-3/h8-10,12-14,16H,4-7,22H2,1-3H3,(H2,21,28)(H,23,24)(H,25,29)(H,26,30)(H,27,31)(H,32,33). The summed E-state index contributed by atoms with van der Waals surface area (Å²) in [5.41, 5.74) is 11.5. The van der Waals surface area contributed by atoms with Crippen LogP contribution < -0.4 is 27.4 Å². The Balaban J connectivity index is 3.06. The topological polar surface area (TPSA) is 222 Å². The highest BCUT2D eigenvalue weighted by Crippen LogP contribution is 2.06. The van der Waals surface area contributed by atoms with E-state index in [9.17, 15) is 29.1 Å². The maximum Gasteiger partial charge on any atom is 0.326 e. The van der Waals surface area contributed by atoms with Crippen LogP contribution in [0.4, 0.5) is 0 Å². The van der Waals surface area contributed by atoms with Gasteiger partial charge in [-0.2, -0.15) is 11.8 Å². The van der Waals surface area contributed by atoms with E-state index in [1.54, 1.807) is 20.1 Å². The van der Waals surface area contributed by atoms with E-state index in [2.05, 4.69) is 25.9 Å². The lowest BCUT2D eigenvalue weighted by molar-refractivity contribution is -0.142. The number of carbonyl (C=O) groups is 5. The lowest BCUT2D eigenvalue weighted by atomic mass is 10.0. The number of carbonyl (C=O) groups excluding carboxylic acids is 4. The van der Waals surface area contributed by atoms with Crippen molar-refractivity contribution in [3.8, 4) is 0 Å². The first kappa shape index (κ1) is 28.9. The molecule has 1 rings (SSSR count). The molecule has 1 aromatic rings. The van der Waals surface area contributed by atoms with Gasteiger partial charge in [0, 0.05) is 18.3 Å². The van der Waals surface area contributed by atoms with E-state index in [4.69, 9.17) is 11.5 Å².